The Balaban J connectivity index is 0.946. The summed E-state index contributed by atoms with van der Waals surface area (Å²) in [5.41, 5.74) is 20.8. The molecule has 3 aliphatic carbocycles. The van der Waals surface area contributed by atoms with Crippen molar-refractivity contribution in [1.29, 1.82) is 0 Å². The minimum Gasteiger partial charge on any atom is -0.334 e. The normalized spacial score (nSPS) is 24.6. The topological polar surface area (TPSA) is 6.48 Å². The van der Waals surface area contributed by atoms with Crippen molar-refractivity contribution < 1.29 is 0 Å². The summed E-state index contributed by atoms with van der Waals surface area (Å²) in [7, 11) is 0. The van der Waals surface area contributed by atoms with Gasteiger partial charge in [-0.2, -0.15) is 0 Å². The zero-order chi connectivity index (χ0) is 52.5. The molecular formula is C75H68N2. The smallest absolute Gasteiger partial charge is 0.0720 e. The van der Waals surface area contributed by atoms with Crippen LogP contribution in [0.1, 0.15) is 114 Å². The van der Waals surface area contributed by atoms with Gasteiger partial charge in [-0.15, -0.1) is 0 Å². The van der Waals surface area contributed by atoms with E-state index in [1.54, 1.807) is 0 Å². The number of nitrogens with zero attached hydrogens (tertiary/aromatic N) is 2. The van der Waals surface area contributed by atoms with Crippen LogP contribution in [0.4, 0.5) is 22.7 Å². The van der Waals surface area contributed by atoms with Gasteiger partial charge in [-0.3, -0.25) is 0 Å². The summed E-state index contributed by atoms with van der Waals surface area (Å²) in [6.07, 6.45) is 4.55. The van der Waals surface area contributed by atoms with Crippen LogP contribution >= 0.6 is 0 Å². The minimum absolute atomic E-state index is 0.0219. The molecule has 2 fully saturated rings. The lowest BCUT2D eigenvalue weighted by molar-refractivity contribution is 0.330. The third-order valence-electron chi connectivity index (χ3n) is 20.5. The molecule has 10 aromatic rings. The first-order valence-corrected chi connectivity index (χ1v) is 28.3. The Hall–Kier alpha value is -7.68. The van der Waals surface area contributed by atoms with Crippen LogP contribution in [0, 0.1) is 10.8 Å². The van der Waals surface area contributed by atoms with Crippen LogP contribution in [0.2, 0.25) is 0 Å². The van der Waals surface area contributed by atoms with Gasteiger partial charge >= 0.3 is 0 Å². The summed E-state index contributed by atoms with van der Waals surface area (Å²) < 4.78 is 0. The van der Waals surface area contributed by atoms with Crippen LogP contribution in [0.3, 0.4) is 0 Å². The predicted molar refractivity (Wildman–Crippen MR) is 324 cm³/mol. The molecule has 10 aromatic carbocycles. The van der Waals surface area contributed by atoms with E-state index in [1.165, 1.54) is 111 Å². The second-order valence-electron chi connectivity index (χ2n) is 26.4. The van der Waals surface area contributed by atoms with Crippen molar-refractivity contribution in [3.05, 3.63) is 252 Å². The highest BCUT2D eigenvalue weighted by Gasteiger charge is 2.65. The van der Waals surface area contributed by atoms with E-state index in [-0.39, 0.29) is 32.7 Å². The first-order chi connectivity index (χ1) is 37.1. The molecule has 0 spiro atoms. The summed E-state index contributed by atoms with van der Waals surface area (Å²) in [5.74, 6) is 0. The molecule has 2 heterocycles. The lowest BCUT2D eigenvalue weighted by atomic mass is 9.66. The first kappa shape index (κ1) is 46.6. The lowest BCUT2D eigenvalue weighted by Crippen LogP contribution is -2.49. The van der Waals surface area contributed by atoms with Crippen molar-refractivity contribution in [2.45, 2.75) is 108 Å². The van der Waals surface area contributed by atoms with Crippen molar-refractivity contribution in [3.63, 3.8) is 0 Å². The van der Waals surface area contributed by atoms with Gasteiger partial charge < -0.3 is 9.80 Å². The fourth-order valence-corrected chi connectivity index (χ4v) is 17.9. The molecule has 378 valence electrons. The van der Waals surface area contributed by atoms with E-state index < -0.39 is 5.41 Å². The molecule has 0 radical (unpaired) electrons. The summed E-state index contributed by atoms with van der Waals surface area (Å²) in [5, 5.41) is 5.19. The van der Waals surface area contributed by atoms with Gasteiger partial charge in [0.1, 0.15) is 0 Å². The van der Waals surface area contributed by atoms with Gasteiger partial charge in [0.15, 0.2) is 0 Å². The number of fused-ring (bicyclic) bond motifs is 14. The van der Waals surface area contributed by atoms with Crippen LogP contribution in [0.15, 0.2) is 218 Å². The molecule has 0 saturated heterocycles. The molecule has 4 unspecified atom stereocenters. The van der Waals surface area contributed by atoms with Gasteiger partial charge in [-0.05, 0) is 199 Å². The molecule has 2 saturated carbocycles. The highest BCUT2D eigenvalue weighted by atomic mass is 15.3. The average molecular weight is 997 g/mol. The molecule has 0 N–H and O–H groups in total. The van der Waals surface area contributed by atoms with Gasteiger partial charge in [0.25, 0.3) is 0 Å². The third kappa shape index (κ3) is 6.13. The minimum atomic E-state index is -0.614. The lowest BCUT2D eigenvalue weighted by Gasteiger charge is -2.42. The van der Waals surface area contributed by atoms with Crippen LogP contribution in [-0.2, 0) is 16.2 Å². The third-order valence-corrected chi connectivity index (χ3v) is 20.5. The highest BCUT2D eigenvalue weighted by Crippen LogP contribution is 2.69. The molecule has 0 bridgehead atoms. The summed E-state index contributed by atoms with van der Waals surface area (Å²) in [4.78, 5) is 5.37. The Kier molecular flexibility index (Phi) is 9.52. The molecule has 77 heavy (non-hydrogen) atoms. The van der Waals surface area contributed by atoms with E-state index in [0.29, 0.717) is 0 Å². The summed E-state index contributed by atoms with van der Waals surface area (Å²) in [6, 6.07) is 84.1. The van der Waals surface area contributed by atoms with E-state index in [9.17, 15) is 0 Å². The predicted octanol–water partition coefficient (Wildman–Crippen LogP) is 19.7. The second-order valence-corrected chi connectivity index (χ2v) is 26.4. The molecule has 2 nitrogen and oxygen atoms in total. The van der Waals surface area contributed by atoms with E-state index in [1.807, 2.05) is 0 Å². The number of rotatable bonds is 6. The fraction of sp³-hybridized carbons (Fsp3) is 0.253. The number of hydrogen-bond acceptors (Lipinski definition) is 2. The Morgan fingerprint density at radius 2 is 0.727 bits per heavy atom. The molecule has 2 heteroatoms. The van der Waals surface area contributed by atoms with Crippen molar-refractivity contribution in [2.75, 3.05) is 9.80 Å². The monoisotopic (exact) mass is 997 g/mol. The maximum Gasteiger partial charge on any atom is 0.0720 e. The van der Waals surface area contributed by atoms with Gasteiger partial charge in [-0.25, -0.2) is 0 Å². The van der Waals surface area contributed by atoms with E-state index in [4.69, 9.17) is 0 Å². The second kappa shape index (κ2) is 15.7. The van der Waals surface area contributed by atoms with E-state index >= 15 is 0 Å². The zero-order valence-corrected chi connectivity index (χ0v) is 46.0. The average Bonchev–Trinajstić information content (AvgIpc) is 4.28. The Morgan fingerprint density at radius 3 is 1.22 bits per heavy atom. The molecular weight excluding hydrogens is 929 g/mol. The quantitative estimate of drug-likeness (QED) is 0.153. The van der Waals surface area contributed by atoms with E-state index in [0.717, 1.165) is 25.7 Å². The van der Waals surface area contributed by atoms with Crippen LogP contribution in [-0.4, -0.2) is 11.1 Å². The Morgan fingerprint density at radius 1 is 0.325 bits per heavy atom. The zero-order valence-electron chi connectivity index (χ0n) is 46.0. The van der Waals surface area contributed by atoms with Gasteiger partial charge in [0, 0.05) is 33.6 Å². The number of benzene rings is 10. The molecule has 0 amide bonds. The summed E-state index contributed by atoms with van der Waals surface area (Å²) in [6.45, 7) is 20.1. The SMILES string of the molecule is CC1(C)CC2(C)c3cc(-c4ccc5c(c4)C(c4ccccc4)(c4ccccc4)c4c-5c5ccccc5c5cc(-c6ccc7c(c6)C6(C)CC(C)(C)CC6(C)N7c6ccccc6)ccc45)ccc3N(c3ccccc3)C2(C)C1. The Labute approximate surface area is 456 Å². The first-order valence-electron chi connectivity index (χ1n) is 28.3. The Bertz CT molecular complexity index is 4020. The van der Waals surface area contributed by atoms with Crippen molar-refractivity contribution in [3.8, 4) is 33.4 Å². The van der Waals surface area contributed by atoms with Crippen molar-refractivity contribution in [1.82, 2.24) is 0 Å². The van der Waals surface area contributed by atoms with Crippen LogP contribution < -0.4 is 9.80 Å². The van der Waals surface area contributed by atoms with Crippen LogP contribution in [0.25, 0.3) is 54.9 Å². The molecule has 15 rings (SSSR count). The molecule has 2 aliphatic heterocycles. The maximum atomic E-state index is 2.69. The van der Waals surface area contributed by atoms with Crippen molar-refractivity contribution in [2.24, 2.45) is 10.8 Å². The largest absolute Gasteiger partial charge is 0.334 e. The molecule has 5 aliphatic rings. The van der Waals surface area contributed by atoms with Gasteiger partial charge in [0.2, 0.25) is 0 Å². The van der Waals surface area contributed by atoms with Crippen molar-refractivity contribution >= 4 is 44.3 Å². The maximum absolute atomic E-state index is 2.69. The molecule has 4 atom stereocenters. The highest BCUT2D eigenvalue weighted by molar-refractivity contribution is 6.20. The number of para-hydroxylation sites is 2. The fourth-order valence-electron chi connectivity index (χ4n) is 17.9. The van der Waals surface area contributed by atoms with E-state index in [2.05, 4.69) is 284 Å². The number of anilines is 4. The summed E-state index contributed by atoms with van der Waals surface area (Å²) >= 11 is 0. The van der Waals surface area contributed by atoms with Crippen LogP contribution in [0.5, 0.6) is 0 Å². The number of hydrogen-bond donors (Lipinski definition) is 0. The van der Waals surface area contributed by atoms with Gasteiger partial charge in [-0.1, -0.05) is 199 Å². The standard InChI is InChI=1S/C75H68N2/c1-69(2)45-71(5)63-43-51(35-39-65(63)76(73(71,7)47-69)55-27-17-11-18-28-55)49-33-37-59-61(41-49)57-31-21-22-32-58(57)67-60-38-34-50(42-62(60)75(68(59)67,53-23-13-9-14-24-53)54-25-15-10-16-26-54)52-36-40-66-64(44-52)72(6)46-70(3,4)48-74(72,8)77(66)56-29-19-12-20-30-56/h9-44H,45-48H2,1-8H3. The molecule has 0 aromatic heterocycles. The van der Waals surface area contributed by atoms with Gasteiger partial charge in [0.05, 0.1) is 16.5 Å².